The highest BCUT2D eigenvalue weighted by molar-refractivity contribution is 7.16. The van der Waals surface area contributed by atoms with Crippen molar-refractivity contribution in [1.29, 1.82) is 0 Å². The van der Waals surface area contributed by atoms with Gasteiger partial charge in [0.1, 0.15) is 0 Å². The Bertz CT molecular complexity index is 932. The van der Waals surface area contributed by atoms with Gasteiger partial charge in [0.05, 0.1) is 33.3 Å². The first-order chi connectivity index (χ1) is 12.2. The monoisotopic (exact) mass is 398 g/mol. The predicted molar refractivity (Wildman–Crippen MR) is 94.3 cm³/mol. The molecule has 10 heteroatoms. The number of carbonyl (C=O) groups is 1. The summed E-state index contributed by atoms with van der Waals surface area (Å²) in [5.41, 5.74) is 1.02. The summed E-state index contributed by atoms with van der Waals surface area (Å²) < 4.78 is 37.5. The van der Waals surface area contributed by atoms with Gasteiger partial charge in [-0.15, -0.1) is 22.7 Å². The van der Waals surface area contributed by atoms with E-state index in [1.807, 2.05) is 19.2 Å². The average Bonchev–Trinajstić information content (AvgIpc) is 3.12. The number of aromatic nitrogens is 3. The van der Waals surface area contributed by atoms with E-state index in [1.165, 1.54) is 28.7 Å². The number of rotatable bonds is 4. The number of nitrogens with zero attached hydrogens (tertiary/aromatic N) is 3. The molecule has 5 nitrogen and oxygen atoms in total. The number of nitrogens with one attached hydrogen (secondary N) is 1. The van der Waals surface area contributed by atoms with Crippen LogP contribution in [0.5, 0.6) is 0 Å². The molecule has 0 saturated heterocycles. The molecule has 0 aromatic carbocycles. The molecule has 3 rings (SSSR count). The van der Waals surface area contributed by atoms with Crippen LogP contribution in [0.4, 0.5) is 18.3 Å². The molecular formula is C16H13F3N4OS2. The van der Waals surface area contributed by atoms with Crippen LogP contribution in [0.15, 0.2) is 23.7 Å². The van der Waals surface area contributed by atoms with E-state index in [0.717, 1.165) is 33.5 Å². The van der Waals surface area contributed by atoms with Crippen LogP contribution in [0.2, 0.25) is 0 Å². The molecule has 3 aromatic rings. The number of anilines is 1. The zero-order valence-corrected chi connectivity index (χ0v) is 15.3. The number of pyridine rings is 1. The molecule has 0 saturated carbocycles. The van der Waals surface area contributed by atoms with Crippen molar-refractivity contribution in [2.45, 2.75) is 26.4 Å². The van der Waals surface area contributed by atoms with Gasteiger partial charge in [0.2, 0.25) is 5.91 Å². The fourth-order valence-electron chi connectivity index (χ4n) is 2.23. The number of aryl methyl sites for hydroxylation is 2. The second kappa shape index (κ2) is 7.12. The molecule has 0 aliphatic rings. The van der Waals surface area contributed by atoms with Gasteiger partial charge in [-0.1, -0.05) is 0 Å². The summed E-state index contributed by atoms with van der Waals surface area (Å²) >= 11 is 2.80. The Balaban J connectivity index is 1.65. The summed E-state index contributed by atoms with van der Waals surface area (Å²) in [6.07, 6.45) is -3.86. The molecule has 0 aliphatic carbocycles. The van der Waals surface area contributed by atoms with Crippen LogP contribution in [0.3, 0.4) is 0 Å². The van der Waals surface area contributed by atoms with E-state index >= 15 is 0 Å². The molecule has 26 heavy (non-hydrogen) atoms. The third-order valence-corrected chi connectivity index (χ3v) is 5.23. The smallest absolute Gasteiger partial charge is 0.302 e. The number of hydrogen-bond acceptors (Lipinski definition) is 6. The van der Waals surface area contributed by atoms with Gasteiger partial charge in [-0.25, -0.2) is 9.97 Å². The van der Waals surface area contributed by atoms with Crippen LogP contribution in [-0.4, -0.2) is 20.9 Å². The lowest BCUT2D eigenvalue weighted by atomic mass is 10.2. The fraction of sp³-hybridized carbons (Fsp3) is 0.250. The van der Waals surface area contributed by atoms with Gasteiger partial charge < -0.3 is 5.32 Å². The molecule has 1 N–H and O–H groups in total. The van der Waals surface area contributed by atoms with Crippen LogP contribution in [0.25, 0.3) is 10.6 Å². The summed E-state index contributed by atoms with van der Waals surface area (Å²) in [6.45, 7) is 3.81. The van der Waals surface area contributed by atoms with Crippen molar-refractivity contribution >= 4 is 33.7 Å². The largest absolute Gasteiger partial charge is 0.417 e. The molecule has 0 spiro atoms. The van der Waals surface area contributed by atoms with Crippen molar-refractivity contribution in [3.8, 4) is 10.6 Å². The SMILES string of the molecule is Cc1nc(C)c(-c2csc(NC(=O)Cc3ccc(C(F)(F)F)cn3)n2)s1. The van der Waals surface area contributed by atoms with E-state index in [-0.39, 0.29) is 12.1 Å². The number of alkyl halides is 3. The second-order valence-corrected chi connectivity index (χ2v) is 7.51. The van der Waals surface area contributed by atoms with Crippen LogP contribution < -0.4 is 5.32 Å². The summed E-state index contributed by atoms with van der Waals surface area (Å²) in [5, 5.41) is 5.82. The minimum absolute atomic E-state index is 0.133. The number of thiazole rings is 2. The van der Waals surface area contributed by atoms with E-state index < -0.39 is 17.6 Å². The molecular weight excluding hydrogens is 385 g/mol. The van der Waals surface area contributed by atoms with Crippen LogP contribution in [-0.2, 0) is 17.4 Å². The van der Waals surface area contributed by atoms with Crippen molar-refractivity contribution in [2.24, 2.45) is 0 Å². The third kappa shape index (κ3) is 4.25. The third-order valence-electron chi connectivity index (χ3n) is 3.38. The average molecular weight is 398 g/mol. The highest BCUT2D eigenvalue weighted by atomic mass is 32.1. The molecule has 0 radical (unpaired) electrons. The fourth-order valence-corrected chi connectivity index (χ4v) is 3.90. The first kappa shape index (κ1) is 18.5. The Hall–Kier alpha value is -2.33. The lowest BCUT2D eigenvalue weighted by molar-refractivity contribution is -0.137. The Labute approximate surface area is 155 Å². The van der Waals surface area contributed by atoms with Crippen molar-refractivity contribution in [1.82, 2.24) is 15.0 Å². The Morgan fingerprint density at radius 2 is 2.00 bits per heavy atom. The number of hydrogen-bond donors (Lipinski definition) is 1. The molecule has 136 valence electrons. The highest BCUT2D eigenvalue weighted by Crippen LogP contribution is 2.32. The quantitative estimate of drug-likeness (QED) is 0.704. The normalized spacial score (nSPS) is 11.6. The maximum absolute atomic E-state index is 12.5. The van der Waals surface area contributed by atoms with E-state index in [2.05, 4.69) is 20.3 Å². The molecule has 0 aliphatic heterocycles. The number of carbonyl (C=O) groups excluding carboxylic acids is 1. The van der Waals surface area contributed by atoms with Crippen LogP contribution in [0.1, 0.15) is 22.0 Å². The number of amides is 1. The maximum atomic E-state index is 12.5. The Morgan fingerprint density at radius 3 is 2.58 bits per heavy atom. The molecule has 1 amide bonds. The minimum atomic E-state index is -4.45. The predicted octanol–water partition coefficient (Wildman–Crippen LogP) is 4.48. The lowest BCUT2D eigenvalue weighted by Gasteiger charge is -2.06. The standard InChI is InChI=1S/C16H13F3N4OS2/c1-8-14(26-9(2)21-8)12-7-25-15(22-12)23-13(24)5-11-4-3-10(6-20-11)16(17,18)19/h3-4,6-7H,5H2,1-2H3,(H,22,23,24). The van der Waals surface area contributed by atoms with Gasteiger partial charge in [-0.2, -0.15) is 13.2 Å². The Morgan fingerprint density at radius 1 is 1.23 bits per heavy atom. The van der Waals surface area contributed by atoms with Crippen molar-refractivity contribution in [2.75, 3.05) is 5.32 Å². The van der Waals surface area contributed by atoms with Gasteiger partial charge in [-0.3, -0.25) is 9.78 Å². The number of halogens is 3. The van der Waals surface area contributed by atoms with E-state index in [1.54, 1.807) is 0 Å². The summed E-state index contributed by atoms with van der Waals surface area (Å²) in [5.74, 6) is -0.393. The van der Waals surface area contributed by atoms with Crippen molar-refractivity contribution in [3.63, 3.8) is 0 Å². The Kier molecular flexibility index (Phi) is 5.05. The maximum Gasteiger partial charge on any atom is 0.417 e. The van der Waals surface area contributed by atoms with Crippen molar-refractivity contribution < 1.29 is 18.0 Å². The first-order valence-electron chi connectivity index (χ1n) is 7.44. The lowest BCUT2D eigenvalue weighted by Crippen LogP contribution is -2.15. The summed E-state index contributed by atoms with van der Waals surface area (Å²) in [4.78, 5) is 25.4. The van der Waals surface area contributed by atoms with E-state index in [0.29, 0.717) is 5.13 Å². The molecule has 0 fully saturated rings. The van der Waals surface area contributed by atoms with E-state index in [9.17, 15) is 18.0 Å². The molecule has 0 unspecified atom stereocenters. The zero-order valence-electron chi connectivity index (χ0n) is 13.7. The second-order valence-electron chi connectivity index (χ2n) is 5.45. The van der Waals surface area contributed by atoms with Crippen LogP contribution in [0, 0.1) is 13.8 Å². The zero-order chi connectivity index (χ0) is 18.9. The van der Waals surface area contributed by atoms with Gasteiger partial charge in [0.15, 0.2) is 5.13 Å². The van der Waals surface area contributed by atoms with Crippen molar-refractivity contribution in [3.05, 3.63) is 45.7 Å². The molecule has 0 bridgehead atoms. The van der Waals surface area contributed by atoms with Gasteiger partial charge in [0.25, 0.3) is 0 Å². The molecule has 0 atom stereocenters. The summed E-state index contributed by atoms with van der Waals surface area (Å²) in [7, 11) is 0. The van der Waals surface area contributed by atoms with Gasteiger partial charge in [0, 0.05) is 17.3 Å². The first-order valence-corrected chi connectivity index (χ1v) is 9.14. The van der Waals surface area contributed by atoms with E-state index in [4.69, 9.17) is 0 Å². The topological polar surface area (TPSA) is 67.8 Å². The highest BCUT2D eigenvalue weighted by Gasteiger charge is 2.30. The summed E-state index contributed by atoms with van der Waals surface area (Å²) in [6, 6.07) is 2.10. The minimum Gasteiger partial charge on any atom is -0.302 e. The van der Waals surface area contributed by atoms with Gasteiger partial charge >= 0.3 is 6.18 Å². The van der Waals surface area contributed by atoms with Crippen LogP contribution >= 0.6 is 22.7 Å². The van der Waals surface area contributed by atoms with Gasteiger partial charge in [-0.05, 0) is 26.0 Å². The molecule has 3 aromatic heterocycles. The molecule has 3 heterocycles.